The van der Waals surface area contributed by atoms with Gasteiger partial charge >= 0.3 is 0 Å². The van der Waals surface area contributed by atoms with Gasteiger partial charge in [-0.2, -0.15) is 0 Å². The number of rotatable bonds is 3. The van der Waals surface area contributed by atoms with E-state index in [2.05, 4.69) is 16.8 Å². The SMILES string of the molecule is CN1CCCC1C1CCCCN1C(=O)Cc1ccc(Cl)c(Cl)c1.Cl. The molecule has 0 bridgehead atoms. The Labute approximate surface area is 160 Å². The zero-order chi connectivity index (χ0) is 16.4. The molecule has 6 heteroatoms. The first-order chi connectivity index (χ1) is 11.1. The van der Waals surface area contributed by atoms with Gasteiger partial charge in [-0.1, -0.05) is 29.3 Å². The average molecular weight is 392 g/mol. The summed E-state index contributed by atoms with van der Waals surface area (Å²) in [6.45, 7) is 2.03. The summed E-state index contributed by atoms with van der Waals surface area (Å²) in [5.41, 5.74) is 0.938. The first-order valence-electron chi connectivity index (χ1n) is 8.50. The number of amides is 1. The Bertz CT molecular complexity index is 581. The number of hydrogen-bond donors (Lipinski definition) is 0. The third kappa shape index (κ3) is 4.37. The molecule has 3 rings (SSSR count). The monoisotopic (exact) mass is 390 g/mol. The topological polar surface area (TPSA) is 23.6 Å². The molecular weight excluding hydrogens is 367 g/mol. The molecule has 1 aromatic rings. The van der Waals surface area contributed by atoms with E-state index < -0.39 is 0 Å². The van der Waals surface area contributed by atoms with E-state index in [-0.39, 0.29) is 18.3 Å². The maximum Gasteiger partial charge on any atom is 0.227 e. The molecule has 24 heavy (non-hydrogen) atoms. The second-order valence-electron chi connectivity index (χ2n) is 6.77. The number of benzene rings is 1. The van der Waals surface area contributed by atoms with Gasteiger partial charge in [-0.25, -0.2) is 0 Å². The summed E-state index contributed by atoms with van der Waals surface area (Å²) in [7, 11) is 2.19. The van der Waals surface area contributed by atoms with E-state index in [1.807, 2.05) is 12.1 Å². The van der Waals surface area contributed by atoms with Crippen molar-refractivity contribution in [1.82, 2.24) is 9.80 Å². The summed E-state index contributed by atoms with van der Waals surface area (Å²) in [4.78, 5) is 17.4. The summed E-state index contributed by atoms with van der Waals surface area (Å²) in [6, 6.07) is 6.36. The molecule has 0 aromatic heterocycles. The Balaban J connectivity index is 0.00000208. The Morgan fingerprint density at radius 3 is 2.50 bits per heavy atom. The van der Waals surface area contributed by atoms with Crippen LogP contribution in [-0.4, -0.2) is 47.9 Å². The fraction of sp³-hybridized carbons (Fsp3) is 0.611. The highest BCUT2D eigenvalue weighted by Gasteiger charge is 2.36. The van der Waals surface area contributed by atoms with Gasteiger partial charge in [0.1, 0.15) is 0 Å². The molecule has 3 nitrogen and oxygen atoms in total. The zero-order valence-corrected chi connectivity index (χ0v) is 16.3. The lowest BCUT2D eigenvalue weighted by atomic mass is 9.93. The number of hydrogen-bond acceptors (Lipinski definition) is 2. The third-order valence-corrected chi connectivity index (χ3v) is 5.97. The van der Waals surface area contributed by atoms with Gasteiger partial charge in [-0.3, -0.25) is 4.79 Å². The Hall–Kier alpha value is -0.480. The molecule has 1 amide bonds. The summed E-state index contributed by atoms with van der Waals surface area (Å²) in [5.74, 6) is 0.216. The van der Waals surface area contributed by atoms with Gasteiger partial charge in [0.15, 0.2) is 0 Å². The highest BCUT2D eigenvalue weighted by Crippen LogP contribution is 2.29. The van der Waals surface area contributed by atoms with Crippen LogP contribution in [0.2, 0.25) is 10.0 Å². The van der Waals surface area contributed by atoms with Gasteiger partial charge < -0.3 is 9.80 Å². The number of piperidine rings is 1. The molecule has 1 aromatic carbocycles. The number of halogens is 3. The molecule has 2 saturated heterocycles. The van der Waals surface area contributed by atoms with Crippen molar-refractivity contribution in [3.8, 4) is 0 Å². The van der Waals surface area contributed by atoms with Crippen molar-refractivity contribution in [2.24, 2.45) is 0 Å². The number of carbonyl (C=O) groups is 1. The lowest BCUT2D eigenvalue weighted by molar-refractivity contribution is -0.135. The van der Waals surface area contributed by atoms with Crippen LogP contribution < -0.4 is 0 Å². The fourth-order valence-corrected chi connectivity index (χ4v) is 4.34. The predicted molar refractivity (Wildman–Crippen MR) is 102 cm³/mol. The van der Waals surface area contributed by atoms with Crippen molar-refractivity contribution in [2.45, 2.75) is 50.6 Å². The Kier molecular flexibility index (Phi) is 7.23. The van der Waals surface area contributed by atoms with Crippen LogP contribution in [0.4, 0.5) is 0 Å². The Morgan fingerprint density at radius 1 is 1.08 bits per heavy atom. The minimum Gasteiger partial charge on any atom is -0.338 e. The van der Waals surface area contributed by atoms with Crippen LogP contribution in [0.15, 0.2) is 18.2 Å². The van der Waals surface area contributed by atoms with Gasteiger partial charge in [0, 0.05) is 18.6 Å². The van der Waals surface area contributed by atoms with Crippen LogP contribution in [0.5, 0.6) is 0 Å². The van der Waals surface area contributed by atoms with Crippen LogP contribution in [0.25, 0.3) is 0 Å². The van der Waals surface area contributed by atoms with Crippen LogP contribution in [0.1, 0.15) is 37.7 Å². The van der Waals surface area contributed by atoms with E-state index in [0.29, 0.717) is 28.5 Å². The molecule has 2 heterocycles. The van der Waals surface area contributed by atoms with E-state index in [1.165, 1.54) is 19.3 Å². The van der Waals surface area contributed by atoms with Gasteiger partial charge in [-0.15, -0.1) is 12.4 Å². The first kappa shape index (κ1) is 19.8. The van der Waals surface area contributed by atoms with Crippen LogP contribution in [-0.2, 0) is 11.2 Å². The molecule has 0 saturated carbocycles. The molecule has 2 atom stereocenters. The lowest BCUT2D eigenvalue weighted by Gasteiger charge is -2.41. The predicted octanol–water partition coefficient (Wildman–Crippen LogP) is 4.43. The summed E-state index contributed by atoms with van der Waals surface area (Å²) < 4.78 is 0. The maximum atomic E-state index is 12.9. The van der Waals surface area contributed by atoms with Crippen LogP contribution in [0.3, 0.4) is 0 Å². The van der Waals surface area contributed by atoms with Crippen LogP contribution in [0, 0.1) is 0 Å². The van der Waals surface area contributed by atoms with E-state index in [1.54, 1.807) is 6.07 Å². The largest absolute Gasteiger partial charge is 0.338 e. The van der Waals surface area contributed by atoms with Gasteiger partial charge in [0.25, 0.3) is 0 Å². The minimum atomic E-state index is 0. The molecule has 134 valence electrons. The third-order valence-electron chi connectivity index (χ3n) is 5.23. The van der Waals surface area contributed by atoms with Crippen molar-refractivity contribution < 1.29 is 4.79 Å². The second-order valence-corrected chi connectivity index (χ2v) is 7.58. The Morgan fingerprint density at radius 2 is 1.83 bits per heavy atom. The molecule has 2 aliphatic heterocycles. The average Bonchev–Trinajstić information content (AvgIpc) is 2.97. The molecular formula is C18H25Cl3N2O. The molecule has 0 radical (unpaired) electrons. The zero-order valence-electron chi connectivity index (χ0n) is 14.0. The van der Waals surface area contributed by atoms with Gasteiger partial charge in [0.05, 0.1) is 16.5 Å². The van der Waals surface area contributed by atoms with Crippen molar-refractivity contribution in [2.75, 3.05) is 20.1 Å². The molecule has 2 unspecified atom stereocenters. The highest BCUT2D eigenvalue weighted by molar-refractivity contribution is 6.42. The van der Waals surface area contributed by atoms with E-state index in [9.17, 15) is 4.79 Å². The van der Waals surface area contributed by atoms with Crippen molar-refractivity contribution in [3.63, 3.8) is 0 Å². The maximum absolute atomic E-state index is 12.9. The van der Waals surface area contributed by atoms with Gasteiger partial charge in [-0.05, 0) is 63.4 Å². The number of nitrogens with zero attached hydrogens (tertiary/aromatic N) is 2. The van der Waals surface area contributed by atoms with E-state index >= 15 is 0 Å². The van der Waals surface area contributed by atoms with Crippen molar-refractivity contribution >= 4 is 41.5 Å². The smallest absolute Gasteiger partial charge is 0.227 e. The molecule has 0 aliphatic carbocycles. The van der Waals surface area contributed by atoms with E-state index in [4.69, 9.17) is 23.2 Å². The lowest BCUT2D eigenvalue weighted by Crippen LogP contribution is -2.53. The fourth-order valence-electron chi connectivity index (χ4n) is 4.01. The number of likely N-dealkylation sites (tertiary alicyclic amines) is 2. The molecule has 2 aliphatic rings. The molecule has 2 fully saturated rings. The van der Waals surface area contributed by atoms with E-state index in [0.717, 1.165) is 31.5 Å². The van der Waals surface area contributed by atoms with Gasteiger partial charge in [0.2, 0.25) is 5.91 Å². The highest BCUT2D eigenvalue weighted by atomic mass is 35.5. The minimum absolute atomic E-state index is 0. The second kappa shape index (κ2) is 8.75. The first-order valence-corrected chi connectivity index (χ1v) is 9.25. The summed E-state index contributed by atoms with van der Waals surface area (Å²) in [5, 5.41) is 1.05. The summed E-state index contributed by atoms with van der Waals surface area (Å²) in [6.07, 6.45) is 6.32. The molecule has 0 N–H and O–H groups in total. The quantitative estimate of drug-likeness (QED) is 0.761. The van der Waals surface area contributed by atoms with Crippen molar-refractivity contribution in [1.29, 1.82) is 0 Å². The van der Waals surface area contributed by atoms with Crippen molar-refractivity contribution in [3.05, 3.63) is 33.8 Å². The van der Waals surface area contributed by atoms with Crippen LogP contribution >= 0.6 is 35.6 Å². The number of carbonyl (C=O) groups excluding carboxylic acids is 1. The molecule has 0 spiro atoms. The number of likely N-dealkylation sites (N-methyl/N-ethyl adjacent to an activating group) is 1. The standard InChI is InChI=1S/C18H24Cl2N2O.ClH/c1-21-9-4-6-16(21)17-5-2-3-10-22(17)18(23)12-13-7-8-14(19)15(20)11-13;/h7-8,11,16-17H,2-6,9-10,12H2,1H3;1H. The normalized spacial score (nSPS) is 24.7. The summed E-state index contributed by atoms with van der Waals surface area (Å²) >= 11 is 12.0.